The average molecular weight is 328 g/mol. The zero-order valence-electron chi connectivity index (χ0n) is 13.7. The number of rotatable bonds is 2. The van der Waals surface area contributed by atoms with Gasteiger partial charge in [0.1, 0.15) is 5.75 Å². The van der Waals surface area contributed by atoms with Crippen LogP contribution in [-0.4, -0.2) is 16.7 Å². The second kappa shape index (κ2) is 5.91. The van der Waals surface area contributed by atoms with E-state index in [-0.39, 0.29) is 11.7 Å². The molecule has 0 fully saturated rings. The molecule has 0 spiro atoms. The van der Waals surface area contributed by atoms with Crippen LogP contribution in [0.15, 0.2) is 77.4 Å². The molecule has 122 valence electrons. The molecular formula is C21H16N2O2. The molecule has 4 heteroatoms. The normalized spacial score (nSPS) is 15.9. The third-order valence-electron chi connectivity index (χ3n) is 4.24. The quantitative estimate of drug-likeness (QED) is 0.711. The Morgan fingerprint density at radius 1 is 0.960 bits per heavy atom. The summed E-state index contributed by atoms with van der Waals surface area (Å²) in [6, 6.07) is 20.6. The molecule has 1 N–H and O–H groups in total. The van der Waals surface area contributed by atoms with Crippen LogP contribution < -0.4 is 5.01 Å². The zero-order chi connectivity index (χ0) is 17.4. The summed E-state index contributed by atoms with van der Waals surface area (Å²) in [6.07, 6.45) is 1.79. The lowest BCUT2D eigenvalue weighted by molar-refractivity contribution is -0.114. The molecule has 0 aliphatic carbocycles. The van der Waals surface area contributed by atoms with Crippen molar-refractivity contribution >= 4 is 34.2 Å². The Bertz CT molecular complexity index is 1030. The van der Waals surface area contributed by atoms with Crippen LogP contribution in [0, 0.1) is 0 Å². The van der Waals surface area contributed by atoms with Gasteiger partial charge in [0.25, 0.3) is 5.91 Å². The van der Waals surface area contributed by atoms with E-state index in [1.54, 1.807) is 30.3 Å². The van der Waals surface area contributed by atoms with Crippen LogP contribution >= 0.6 is 0 Å². The number of phenols is 1. The number of hydrogen-bond acceptors (Lipinski definition) is 3. The molecular weight excluding hydrogens is 312 g/mol. The molecule has 3 aromatic carbocycles. The Hall–Kier alpha value is -3.40. The fourth-order valence-corrected chi connectivity index (χ4v) is 2.90. The maximum Gasteiger partial charge on any atom is 0.280 e. The fourth-order valence-electron chi connectivity index (χ4n) is 2.90. The largest absolute Gasteiger partial charge is 0.508 e. The van der Waals surface area contributed by atoms with Gasteiger partial charge in [-0.15, -0.1) is 0 Å². The van der Waals surface area contributed by atoms with Crippen LogP contribution in [0.25, 0.3) is 16.8 Å². The van der Waals surface area contributed by atoms with Crippen LogP contribution in [0.4, 0.5) is 5.69 Å². The highest BCUT2D eigenvalue weighted by atomic mass is 16.3. The number of carbonyl (C=O) groups is 1. The van der Waals surface area contributed by atoms with E-state index in [2.05, 4.69) is 5.10 Å². The van der Waals surface area contributed by atoms with Gasteiger partial charge in [-0.05, 0) is 53.6 Å². The Balaban J connectivity index is 1.70. The lowest BCUT2D eigenvalue weighted by atomic mass is 10.1. The van der Waals surface area contributed by atoms with E-state index in [4.69, 9.17) is 0 Å². The molecule has 4 rings (SSSR count). The van der Waals surface area contributed by atoms with E-state index in [1.165, 1.54) is 5.01 Å². The van der Waals surface area contributed by atoms with Gasteiger partial charge >= 0.3 is 0 Å². The Labute approximate surface area is 145 Å². The molecule has 3 aromatic rings. The minimum absolute atomic E-state index is 0.152. The second-order valence-corrected chi connectivity index (χ2v) is 5.98. The van der Waals surface area contributed by atoms with Crippen LogP contribution in [0.3, 0.4) is 0 Å². The van der Waals surface area contributed by atoms with Gasteiger partial charge < -0.3 is 5.11 Å². The SMILES string of the molecule is CC1=NN(c2ccc3ccccc3c2)C(=O)C1=Cc1ccc(O)cc1. The van der Waals surface area contributed by atoms with E-state index < -0.39 is 0 Å². The molecule has 0 atom stereocenters. The first-order valence-electron chi connectivity index (χ1n) is 8.01. The van der Waals surface area contributed by atoms with Gasteiger partial charge in [0.05, 0.1) is 17.0 Å². The van der Waals surface area contributed by atoms with E-state index in [0.29, 0.717) is 11.3 Å². The summed E-state index contributed by atoms with van der Waals surface area (Å²) in [5.41, 5.74) is 2.82. The number of amides is 1. The predicted molar refractivity (Wildman–Crippen MR) is 101 cm³/mol. The van der Waals surface area contributed by atoms with Crippen LogP contribution in [-0.2, 0) is 4.79 Å². The summed E-state index contributed by atoms with van der Waals surface area (Å²) < 4.78 is 0. The zero-order valence-corrected chi connectivity index (χ0v) is 13.7. The highest BCUT2D eigenvalue weighted by Gasteiger charge is 2.28. The monoisotopic (exact) mass is 328 g/mol. The molecule has 0 unspecified atom stereocenters. The molecule has 0 saturated heterocycles. The van der Waals surface area contributed by atoms with Crippen molar-refractivity contribution in [1.29, 1.82) is 0 Å². The minimum atomic E-state index is -0.152. The van der Waals surface area contributed by atoms with Gasteiger partial charge in [0, 0.05) is 0 Å². The van der Waals surface area contributed by atoms with Gasteiger partial charge in [-0.25, -0.2) is 0 Å². The number of hydrogen-bond donors (Lipinski definition) is 1. The minimum Gasteiger partial charge on any atom is -0.508 e. The van der Waals surface area contributed by atoms with Crippen molar-refractivity contribution in [2.24, 2.45) is 5.10 Å². The second-order valence-electron chi connectivity index (χ2n) is 5.98. The third-order valence-corrected chi connectivity index (χ3v) is 4.24. The molecule has 1 aliphatic heterocycles. The average Bonchev–Trinajstić information content (AvgIpc) is 2.91. The van der Waals surface area contributed by atoms with Crippen LogP contribution in [0.2, 0.25) is 0 Å². The molecule has 1 aliphatic rings. The molecule has 0 saturated carbocycles. The maximum atomic E-state index is 12.8. The number of phenolic OH excluding ortho intramolecular Hbond substituents is 1. The standard InChI is InChI=1S/C21H16N2O2/c1-14-20(12-15-6-10-19(24)11-7-15)21(25)23(22-14)18-9-8-16-4-2-3-5-17(16)13-18/h2-13,24H,1H3. The van der Waals surface area contributed by atoms with Crippen LogP contribution in [0.5, 0.6) is 5.75 Å². The maximum absolute atomic E-state index is 12.8. The lowest BCUT2D eigenvalue weighted by Crippen LogP contribution is -2.21. The van der Waals surface area contributed by atoms with Gasteiger partial charge in [-0.1, -0.05) is 42.5 Å². The first-order chi connectivity index (χ1) is 12.1. The number of benzene rings is 3. The molecule has 0 radical (unpaired) electrons. The Morgan fingerprint density at radius 2 is 1.68 bits per heavy atom. The smallest absolute Gasteiger partial charge is 0.280 e. The summed E-state index contributed by atoms with van der Waals surface area (Å²) in [6.45, 7) is 1.82. The molecule has 25 heavy (non-hydrogen) atoms. The van der Waals surface area contributed by atoms with Crippen molar-refractivity contribution in [3.05, 3.63) is 77.9 Å². The molecule has 0 aromatic heterocycles. The van der Waals surface area contributed by atoms with E-state index in [1.807, 2.05) is 49.4 Å². The highest BCUT2D eigenvalue weighted by molar-refractivity contribution is 6.32. The first-order valence-corrected chi connectivity index (χ1v) is 8.01. The van der Waals surface area contributed by atoms with Crippen molar-refractivity contribution in [3.63, 3.8) is 0 Å². The van der Waals surface area contributed by atoms with E-state index >= 15 is 0 Å². The van der Waals surface area contributed by atoms with Crippen LogP contribution in [0.1, 0.15) is 12.5 Å². The number of hydrazone groups is 1. The van der Waals surface area contributed by atoms with Crippen molar-refractivity contribution in [2.45, 2.75) is 6.92 Å². The number of fused-ring (bicyclic) bond motifs is 1. The van der Waals surface area contributed by atoms with Crippen molar-refractivity contribution < 1.29 is 9.90 Å². The number of nitrogens with zero attached hydrogens (tertiary/aromatic N) is 2. The highest BCUT2D eigenvalue weighted by Crippen LogP contribution is 2.28. The molecule has 0 bridgehead atoms. The topological polar surface area (TPSA) is 52.9 Å². The first kappa shape index (κ1) is 15.1. The fraction of sp³-hybridized carbons (Fsp3) is 0.0476. The van der Waals surface area contributed by atoms with Crippen molar-refractivity contribution in [3.8, 4) is 5.75 Å². The van der Waals surface area contributed by atoms with Crippen molar-refractivity contribution in [2.75, 3.05) is 5.01 Å². The molecule has 4 nitrogen and oxygen atoms in total. The lowest BCUT2D eigenvalue weighted by Gasteiger charge is -2.12. The molecule has 1 heterocycles. The number of anilines is 1. The predicted octanol–water partition coefficient (Wildman–Crippen LogP) is 4.35. The van der Waals surface area contributed by atoms with E-state index in [9.17, 15) is 9.90 Å². The van der Waals surface area contributed by atoms with Gasteiger partial charge in [-0.3, -0.25) is 4.79 Å². The van der Waals surface area contributed by atoms with Crippen molar-refractivity contribution in [1.82, 2.24) is 0 Å². The molecule has 1 amide bonds. The number of carbonyl (C=O) groups excluding carboxylic acids is 1. The Morgan fingerprint density at radius 3 is 2.44 bits per heavy atom. The summed E-state index contributed by atoms with van der Waals surface area (Å²) in [5.74, 6) is 0.0453. The van der Waals surface area contributed by atoms with Gasteiger partial charge in [0.15, 0.2) is 0 Å². The summed E-state index contributed by atoms with van der Waals surface area (Å²) in [5, 5.41) is 17.4. The summed E-state index contributed by atoms with van der Waals surface area (Å²) in [7, 11) is 0. The number of aromatic hydroxyl groups is 1. The van der Waals surface area contributed by atoms with Gasteiger partial charge in [0.2, 0.25) is 0 Å². The summed E-state index contributed by atoms with van der Waals surface area (Å²) in [4.78, 5) is 12.8. The van der Waals surface area contributed by atoms with Gasteiger partial charge in [-0.2, -0.15) is 10.1 Å². The Kier molecular flexibility index (Phi) is 3.58. The van der Waals surface area contributed by atoms with E-state index in [0.717, 1.165) is 22.0 Å². The third kappa shape index (κ3) is 2.78. The summed E-state index contributed by atoms with van der Waals surface area (Å²) >= 11 is 0.